The van der Waals surface area contributed by atoms with Crippen molar-refractivity contribution < 1.29 is 39.6 Å². The minimum absolute atomic E-state index is 0.131. The molecular formula is C60H62N4O8Si4. The van der Waals surface area contributed by atoms with Crippen LogP contribution in [0.15, 0.2) is 97.1 Å². The molecule has 0 atom stereocenters. The molecule has 2 aliphatic rings. The largest absolute Gasteiger partial charge is 0.478 e. The minimum atomic E-state index is -2.15. The topological polar surface area (TPSA) is 207 Å². The monoisotopic (exact) mass is 1080 g/mol. The molecule has 9 rings (SSSR count). The number of carboxylic acid groups (broad SMARTS) is 4. The Morgan fingerprint density at radius 1 is 0.329 bits per heavy atom. The Bertz CT molecular complexity index is 3400. The van der Waals surface area contributed by atoms with Crippen LogP contribution < -0.4 is 20.7 Å². The number of nitrogens with zero attached hydrogens (tertiary/aromatic N) is 2. The van der Waals surface area contributed by atoms with E-state index >= 15 is 0 Å². The van der Waals surface area contributed by atoms with Gasteiger partial charge in [-0.1, -0.05) is 124 Å². The molecule has 0 fully saturated rings. The highest BCUT2D eigenvalue weighted by Crippen LogP contribution is 2.39. The second kappa shape index (κ2) is 19.1. The summed E-state index contributed by atoms with van der Waals surface area (Å²) in [6.45, 7) is 26.0. The maximum absolute atomic E-state index is 13.0. The van der Waals surface area contributed by atoms with Crippen LogP contribution in [0.4, 0.5) is 0 Å². The van der Waals surface area contributed by atoms with Gasteiger partial charge in [0.1, 0.15) is 0 Å². The van der Waals surface area contributed by atoms with Gasteiger partial charge in [0, 0.05) is 44.3 Å². The first-order valence-corrected chi connectivity index (χ1v) is 39.2. The molecule has 76 heavy (non-hydrogen) atoms. The molecule has 0 unspecified atom stereocenters. The lowest BCUT2D eigenvalue weighted by Gasteiger charge is -2.19. The average molecular weight is 1080 g/mol. The second-order valence-electron chi connectivity index (χ2n) is 23.9. The SMILES string of the molecule is C[Si](C)(C)c1cc(C(=O)O)cc(-c2c3nc(c(-c4cc(C(=O)O)cc([Si](C)(C)C)c4)c4ccc([nH]4)c(-c4cc(C(=O)O)cc([Si](C)(C)C)c4)c4nc(c(-c5cc(C(=O)O)cc([Si](C)(C)C)c5)c5ccc2[nH]5)C=C4)C=C3)c1. The van der Waals surface area contributed by atoms with E-state index in [2.05, 4.69) is 113 Å². The lowest BCUT2D eigenvalue weighted by molar-refractivity contribution is 0.0686. The molecule has 7 aromatic rings. The maximum Gasteiger partial charge on any atom is 0.335 e. The first-order valence-electron chi connectivity index (χ1n) is 25.2. The van der Waals surface area contributed by atoms with Crippen molar-refractivity contribution in [1.29, 1.82) is 0 Å². The van der Waals surface area contributed by atoms with Crippen molar-refractivity contribution in [1.82, 2.24) is 19.9 Å². The number of aromatic amines is 2. The summed E-state index contributed by atoms with van der Waals surface area (Å²) >= 11 is 0. The summed E-state index contributed by atoms with van der Waals surface area (Å²) in [5.74, 6) is -4.27. The molecule has 0 spiro atoms. The van der Waals surface area contributed by atoms with Crippen molar-refractivity contribution in [3.05, 3.63) is 142 Å². The third-order valence-electron chi connectivity index (χ3n) is 14.1. The van der Waals surface area contributed by atoms with Crippen LogP contribution >= 0.6 is 0 Å². The zero-order valence-electron chi connectivity index (χ0n) is 44.9. The number of carboxylic acids is 4. The zero-order valence-corrected chi connectivity index (χ0v) is 48.9. The summed E-state index contributed by atoms with van der Waals surface area (Å²) in [5, 5.41) is 46.1. The number of fused-ring (bicyclic) bond motifs is 8. The number of aromatic carboxylic acids is 4. The lowest BCUT2D eigenvalue weighted by Crippen LogP contribution is -2.38. The molecule has 5 heterocycles. The summed E-state index contributed by atoms with van der Waals surface area (Å²) in [6.07, 6.45) is 7.59. The maximum atomic E-state index is 13.0. The Morgan fingerprint density at radius 3 is 0.697 bits per heavy atom. The Labute approximate surface area is 445 Å². The Morgan fingerprint density at radius 2 is 0.526 bits per heavy atom. The van der Waals surface area contributed by atoms with E-state index < -0.39 is 56.2 Å². The van der Waals surface area contributed by atoms with Crippen LogP contribution in [0.1, 0.15) is 64.2 Å². The third kappa shape index (κ3) is 10.4. The fraction of sp³-hybridized carbons (Fsp3) is 0.200. The van der Waals surface area contributed by atoms with E-state index in [9.17, 15) is 39.6 Å². The van der Waals surface area contributed by atoms with Crippen molar-refractivity contribution >= 4 is 123 Å². The standard InChI is InChI=1S/C60H62N4O8Si4/c1-73(2,3)41-25-33(21-37(29-41)57(65)66)53-45-13-15-47(61-45)54(34-22-38(58(67)68)30-42(26-34)74(4,5)6)49-17-19-51(63-49)56(36-24-40(60(71)72)32-44(28-36)76(10,11)12)52-20-18-50(64-52)55(48-16-14-46(53)62-48)35-23-39(59(69)70)31-43(27-35)75(7,8)9/h13-32,61,64H,1-12H3,(H,65,66)(H,67,68)(H,69,70)(H,71,72). The molecule has 0 amide bonds. The first kappa shape index (κ1) is 53.1. The second-order valence-corrected chi connectivity index (χ2v) is 44.2. The van der Waals surface area contributed by atoms with Gasteiger partial charge >= 0.3 is 23.9 Å². The van der Waals surface area contributed by atoms with Gasteiger partial charge in [0.05, 0.1) is 77.3 Å². The molecule has 16 heteroatoms. The Kier molecular flexibility index (Phi) is 13.3. The fourth-order valence-corrected chi connectivity index (χ4v) is 14.4. The summed E-state index contributed by atoms with van der Waals surface area (Å²) < 4.78 is 0. The number of H-pyrrole nitrogens is 2. The highest BCUT2D eigenvalue weighted by Gasteiger charge is 2.28. The molecular weight excluding hydrogens is 1020 g/mol. The van der Waals surface area contributed by atoms with Gasteiger partial charge in [0.25, 0.3) is 0 Å². The first-order chi connectivity index (χ1) is 35.4. The molecule has 0 aliphatic carbocycles. The van der Waals surface area contributed by atoms with Crippen LogP contribution in [0.3, 0.4) is 0 Å². The molecule has 0 saturated carbocycles. The van der Waals surface area contributed by atoms with Crippen LogP contribution in [0, 0.1) is 0 Å². The van der Waals surface area contributed by atoms with Gasteiger partial charge < -0.3 is 30.4 Å². The van der Waals surface area contributed by atoms with E-state index in [1.165, 1.54) is 0 Å². The molecule has 6 N–H and O–H groups in total. The number of hydrogen-bond acceptors (Lipinski definition) is 6. The van der Waals surface area contributed by atoms with E-state index in [1.54, 1.807) is 48.5 Å². The fourth-order valence-electron chi connectivity index (χ4n) is 9.73. The number of carbonyl (C=O) groups is 4. The van der Waals surface area contributed by atoms with Gasteiger partial charge in [0.15, 0.2) is 0 Å². The van der Waals surface area contributed by atoms with E-state index in [0.717, 1.165) is 20.7 Å². The molecule has 4 aromatic carbocycles. The molecule has 386 valence electrons. The summed E-state index contributed by atoms with van der Waals surface area (Å²) in [4.78, 5) is 70.1. The number of hydrogen-bond donors (Lipinski definition) is 6. The van der Waals surface area contributed by atoms with Gasteiger partial charge in [-0.15, -0.1) is 0 Å². The number of aromatic nitrogens is 4. The normalized spacial score (nSPS) is 12.8. The zero-order chi connectivity index (χ0) is 55.1. The summed E-state index contributed by atoms with van der Waals surface area (Å²) in [6, 6.07) is 29.6. The van der Waals surface area contributed by atoms with Crippen molar-refractivity contribution in [2.45, 2.75) is 78.6 Å². The molecule has 0 radical (unpaired) electrons. The minimum Gasteiger partial charge on any atom is -0.478 e. The van der Waals surface area contributed by atoms with Crippen molar-refractivity contribution in [2.24, 2.45) is 0 Å². The summed E-state index contributed by atoms with van der Waals surface area (Å²) in [7, 11) is -8.58. The van der Waals surface area contributed by atoms with Crippen LogP contribution in [0.2, 0.25) is 78.6 Å². The predicted octanol–water partition coefficient (Wildman–Crippen LogP) is 12.3. The quantitative estimate of drug-likeness (QED) is 0.0638. The van der Waals surface area contributed by atoms with Crippen LogP contribution in [0.5, 0.6) is 0 Å². The van der Waals surface area contributed by atoms with E-state index in [1.807, 2.05) is 48.6 Å². The van der Waals surface area contributed by atoms with Gasteiger partial charge in [-0.05, 0) is 119 Å². The number of benzene rings is 4. The number of nitrogens with one attached hydrogen (secondary N) is 2. The van der Waals surface area contributed by atoms with Crippen LogP contribution in [0.25, 0.3) is 90.9 Å². The van der Waals surface area contributed by atoms with E-state index in [-0.39, 0.29) is 22.3 Å². The van der Waals surface area contributed by atoms with E-state index in [0.29, 0.717) is 89.4 Å². The average Bonchev–Trinajstić information content (AvgIpc) is 4.19. The summed E-state index contributed by atoms with van der Waals surface area (Å²) in [5.41, 5.74) is 9.98. The highest BCUT2D eigenvalue weighted by molar-refractivity contribution is 6.90. The van der Waals surface area contributed by atoms with Crippen molar-refractivity contribution in [2.75, 3.05) is 0 Å². The smallest absolute Gasteiger partial charge is 0.335 e. The van der Waals surface area contributed by atoms with Gasteiger partial charge in [0.2, 0.25) is 0 Å². The van der Waals surface area contributed by atoms with Crippen molar-refractivity contribution in [3.8, 4) is 44.5 Å². The molecule has 8 bridgehead atoms. The molecule has 3 aromatic heterocycles. The van der Waals surface area contributed by atoms with Gasteiger partial charge in [-0.2, -0.15) is 0 Å². The lowest BCUT2D eigenvalue weighted by atomic mass is 10.0. The van der Waals surface area contributed by atoms with Crippen LogP contribution in [-0.2, 0) is 0 Å². The van der Waals surface area contributed by atoms with E-state index in [4.69, 9.17) is 9.97 Å². The highest BCUT2D eigenvalue weighted by atomic mass is 28.3. The van der Waals surface area contributed by atoms with Crippen LogP contribution in [-0.4, -0.2) is 96.5 Å². The number of rotatable bonds is 12. The molecule has 12 nitrogen and oxygen atoms in total. The van der Waals surface area contributed by atoms with Gasteiger partial charge in [-0.3, -0.25) is 0 Å². The molecule has 0 saturated heterocycles. The predicted molar refractivity (Wildman–Crippen MR) is 320 cm³/mol. The molecule has 2 aliphatic heterocycles. The Hall–Kier alpha value is -7.77. The van der Waals surface area contributed by atoms with Gasteiger partial charge in [-0.25, -0.2) is 29.1 Å². The third-order valence-corrected chi connectivity index (χ3v) is 22.2. The van der Waals surface area contributed by atoms with Crippen molar-refractivity contribution in [3.63, 3.8) is 0 Å². The Balaban J connectivity index is 1.55.